The maximum Gasteiger partial charge on any atom is 0.219 e. The van der Waals surface area contributed by atoms with Gasteiger partial charge in [0, 0.05) is 24.3 Å². The van der Waals surface area contributed by atoms with Crippen LogP contribution in [0.3, 0.4) is 0 Å². The van der Waals surface area contributed by atoms with Gasteiger partial charge in [-0.3, -0.25) is 4.79 Å². The van der Waals surface area contributed by atoms with E-state index in [4.69, 9.17) is 10.5 Å². The van der Waals surface area contributed by atoms with Gasteiger partial charge in [0.05, 0.1) is 12.0 Å². The molecule has 1 amide bonds. The predicted octanol–water partition coefficient (Wildman–Crippen LogP) is 3.49. The van der Waals surface area contributed by atoms with Crippen molar-refractivity contribution in [2.45, 2.75) is 30.8 Å². The first-order chi connectivity index (χ1) is 12.6. The van der Waals surface area contributed by atoms with E-state index in [-0.39, 0.29) is 12.3 Å². The van der Waals surface area contributed by atoms with Crippen LogP contribution in [-0.4, -0.2) is 27.8 Å². The number of rotatable bonds is 8. The highest BCUT2D eigenvalue weighted by molar-refractivity contribution is 7.98. The van der Waals surface area contributed by atoms with Gasteiger partial charge in [-0.25, -0.2) is 0 Å². The van der Waals surface area contributed by atoms with Gasteiger partial charge < -0.3 is 15.0 Å². The van der Waals surface area contributed by atoms with Crippen molar-refractivity contribution in [2.75, 3.05) is 7.11 Å². The van der Waals surface area contributed by atoms with Crippen LogP contribution in [0.2, 0.25) is 0 Å². The average molecular weight is 389 g/mol. The third-order valence-corrected chi connectivity index (χ3v) is 5.71. The molecule has 8 heteroatoms. The van der Waals surface area contributed by atoms with Gasteiger partial charge in [0.15, 0.2) is 11.0 Å². The van der Waals surface area contributed by atoms with Gasteiger partial charge in [-0.1, -0.05) is 35.5 Å². The largest absolute Gasteiger partial charge is 0.496 e. The molecule has 2 aromatic heterocycles. The lowest BCUT2D eigenvalue weighted by Gasteiger charge is -2.11. The molecule has 6 nitrogen and oxygen atoms in total. The highest BCUT2D eigenvalue weighted by Gasteiger charge is 2.16. The summed E-state index contributed by atoms with van der Waals surface area (Å²) in [6.07, 6.45) is 0.248. The number of thioether (sulfide) groups is 1. The molecule has 0 spiro atoms. The van der Waals surface area contributed by atoms with Crippen LogP contribution < -0.4 is 10.5 Å². The molecule has 26 heavy (non-hydrogen) atoms. The molecule has 0 fully saturated rings. The molecule has 1 aromatic carbocycles. The van der Waals surface area contributed by atoms with E-state index >= 15 is 0 Å². The number of methoxy groups -OCH3 is 1. The van der Waals surface area contributed by atoms with Crippen LogP contribution in [0.15, 0.2) is 40.9 Å². The zero-order chi connectivity index (χ0) is 18.5. The average Bonchev–Trinajstić information content (AvgIpc) is 3.27. The Hall–Kier alpha value is -2.32. The van der Waals surface area contributed by atoms with Crippen LogP contribution in [0, 0.1) is 6.92 Å². The lowest BCUT2D eigenvalue weighted by Crippen LogP contribution is -2.14. The minimum absolute atomic E-state index is 0.248. The van der Waals surface area contributed by atoms with E-state index in [1.807, 2.05) is 34.2 Å². The molecule has 3 aromatic rings. The molecule has 0 aliphatic heterocycles. The maximum atomic E-state index is 11.3. The second-order valence-corrected chi connectivity index (χ2v) is 7.65. The lowest BCUT2D eigenvalue weighted by atomic mass is 10.1. The van der Waals surface area contributed by atoms with Crippen LogP contribution in [0.25, 0.3) is 10.7 Å². The van der Waals surface area contributed by atoms with E-state index in [2.05, 4.69) is 23.2 Å². The molecular formula is C18H20N4O2S2. The summed E-state index contributed by atoms with van der Waals surface area (Å²) in [6, 6.07) is 10.1. The predicted molar refractivity (Wildman–Crippen MR) is 104 cm³/mol. The Kier molecular flexibility index (Phi) is 5.95. The standard InChI is InChI=1S/C18H20N4O2S2/c1-12-5-6-14(24-2)13(10-12)11-26-18-21-20-17(15-4-3-9-25-15)22(18)8-7-16(19)23/h3-6,9-10H,7-8,11H2,1-2H3,(H2,19,23). The molecule has 2 heterocycles. The lowest BCUT2D eigenvalue weighted by molar-refractivity contribution is -0.118. The zero-order valence-electron chi connectivity index (χ0n) is 14.6. The van der Waals surface area contributed by atoms with Crippen LogP contribution in [-0.2, 0) is 17.1 Å². The van der Waals surface area contributed by atoms with Gasteiger partial charge in [0.1, 0.15) is 5.75 Å². The molecule has 3 rings (SSSR count). The number of primary amides is 1. The van der Waals surface area contributed by atoms with Crippen molar-refractivity contribution in [1.29, 1.82) is 0 Å². The van der Waals surface area contributed by atoms with Crippen LogP contribution >= 0.6 is 23.1 Å². The van der Waals surface area contributed by atoms with Crippen molar-refractivity contribution in [3.63, 3.8) is 0 Å². The van der Waals surface area contributed by atoms with Gasteiger partial charge in [0.2, 0.25) is 5.91 Å². The summed E-state index contributed by atoms with van der Waals surface area (Å²) >= 11 is 3.16. The Balaban J connectivity index is 1.85. The van der Waals surface area contributed by atoms with Crippen LogP contribution in [0.4, 0.5) is 0 Å². The smallest absolute Gasteiger partial charge is 0.219 e. The summed E-state index contributed by atoms with van der Waals surface area (Å²) in [5.74, 6) is 1.97. The van der Waals surface area contributed by atoms with Gasteiger partial charge in [-0.05, 0) is 24.4 Å². The maximum absolute atomic E-state index is 11.3. The first-order valence-corrected chi connectivity index (χ1v) is 9.96. The first kappa shape index (κ1) is 18.5. The molecular weight excluding hydrogens is 368 g/mol. The number of hydrogen-bond acceptors (Lipinski definition) is 6. The molecule has 0 saturated carbocycles. The fourth-order valence-electron chi connectivity index (χ4n) is 2.57. The van der Waals surface area contributed by atoms with E-state index in [9.17, 15) is 4.79 Å². The molecule has 0 atom stereocenters. The van der Waals surface area contributed by atoms with E-state index < -0.39 is 0 Å². The topological polar surface area (TPSA) is 83.0 Å². The Morgan fingerprint density at radius 1 is 1.35 bits per heavy atom. The number of thiophene rings is 1. The van der Waals surface area contributed by atoms with E-state index in [1.165, 1.54) is 5.56 Å². The molecule has 0 aliphatic rings. The number of amides is 1. The van der Waals surface area contributed by atoms with Crippen molar-refractivity contribution in [3.05, 3.63) is 46.8 Å². The van der Waals surface area contributed by atoms with E-state index in [1.54, 1.807) is 30.2 Å². The number of carbonyl (C=O) groups excluding carboxylic acids is 1. The third-order valence-electron chi connectivity index (χ3n) is 3.83. The molecule has 2 N–H and O–H groups in total. The number of nitrogens with two attached hydrogens (primary N) is 1. The monoisotopic (exact) mass is 388 g/mol. The third kappa shape index (κ3) is 4.25. The van der Waals surface area contributed by atoms with Crippen molar-refractivity contribution in [3.8, 4) is 16.5 Å². The number of aromatic nitrogens is 3. The summed E-state index contributed by atoms with van der Waals surface area (Å²) in [6.45, 7) is 2.51. The highest BCUT2D eigenvalue weighted by atomic mass is 32.2. The number of hydrogen-bond donors (Lipinski definition) is 1. The summed E-state index contributed by atoms with van der Waals surface area (Å²) in [7, 11) is 1.67. The fraction of sp³-hybridized carbons (Fsp3) is 0.278. The molecule has 0 radical (unpaired) electrons. The van der Waals surface area contributed by atoms with Gasteiger partial charge >= 0.3 is 0 Å². The van der Waals surface area contributed by atoms with Crippen molar-refractivity contribution >= 4 is 29.0 Å². The van der Waals surface area contributed by atoms with E-state index in [0.29, 0.717) is 12.3 Å². The molecule has 0 saturated heterocycles. The second kappa shape index (κ2) is 8.37. The van der Waals surface area contributed by atoms with Gasteiger partial charge in [-0.15, -0.1) is 21.5 Å². The summed E-state index contributed by atoms with van der Waals surface area (Å²) < 4.78 is 7.41. The summed E-state index contributed by atoms with van der Waals surface area (Å²) in [5, 5.41) is 11.4. The zero-order valence-corrected chi connectivity index (χ0v) is 16.3. The highest BCUT2D eigenvalue weighted by Crippen LogP contribution is 2.31. The Bertz CT molecular complexity index is 891. The number of aryl methyl sites for hydroxylation is 1. The minimum atomic E-state index is -0.341. The Labute approximate surface area is 160 Å². The van der Waals surface area contributed by atoms with Gasteiger partial charge in [0.25, 0.3) is 0 Å². The number of ether oxygens (including phenoxy) is 1. The summed E-state index contributed by atoms with van der Waals surface area (Å²) in [4.78, 5) is 12.3. The Morgan fingerprint density at radius 3 is 2.88 bits per heavy atom. The van der Waals surface area contributed by atoms with Crippen LogP contribution in [0.5, 0.6) is 5.75 Å². The molecule has 0 unspecified atom stereocenters. The molecule has 0 bridgehead atoms. The first-order valence-electron chi connectivity index (χ1n) is 8.10. The number of benzene rings is 1. The Morgan fingerprint density at radius 2 is 2.19 bits per heavy atom. The molecule has 136 valence electrons. The van der Waals surface area contributed by atoms with E-state index in [0.717, 1.165) is 27.2 Å². The summed E-state index contributed by atoms with van der Waals surface area (Å²) in [5.41, 5.74) is 7.61. The quantitative estimate of drug-likeness (QED) is 0.597. The fourth-order valence-corrected chi connectivity index (χ4v) is 4.23. The molecule has 0 aliphatic carbocycles. The number of carbonyl (C=O) groups is 1. The number of nitrogens with zero attached hydrogens (tertiary/aromatic N) is 3. The normalized spacial score (nSPS) is 10.8. The van der Waals surface area contributed by atoms with Crippen molar-refractivity contribution < 1.29 is 9.53 Å². The minimum Gasteiger partial charge on any atom is -0.496 e. The second-order valence-electron chi connectivity index (χ2n) is 5.76. The SMILES string of the molecule is COc1ccc(C)cc1CSc1nnc(-c2cccs2)n1CCC(N)=O. The van der Waals surface area contributed by atoms with Crippen molar-refractivity contribution in [1.82, 2.24) is 14.8 Å². The van der Waals surface area contributed by atoms with Crippen molar-refractivity contribution in [2.24, 2.45) is 5.73 Å². The van der Waals surface area contributed by atoms with Gasteiger partial charge in [-0.2, -0.15) is 0 Å². The van der Waals surface area contributed by atoms with Crippen LogP contribution in [0.1, 0.15) is 17.5 Å².